The zero-order valence-electron chi connectivity index (χ0n) is 27.0. The molecular weight excluding hydrogens is 482 g/mol. The van der Waals surface area contributed by atoms with E-state index >= 15 is 0 Å². The van der Waals surface area contributed by atoms with Gasteiger partial charge in [-0.15, -0.1) is 0 Å². The van der Waals surface area contributed by atoms with Crippen molar-refractivity contribution < 1.29 is 0 Å². The molecule has 0 aliphatic carbocycles. The van der Waals surface area contributed by atoms with E-state index in [9.17, 15) is 0 Å². The van der Waals surface area contributed by atoms with E-state index in [0.717, 1.165) is 73.7 Å². The summed E-state index contributed by atoms with van der Waals surface area (Å²) >= 11 is 0. The first-order valence-electron chi connectivity index (χ1n) is 15.8. The Bertz CT molecular complexity index is 785. The molecule has 1 atom stereocenters. The van der Waals surface area contributed by atoms with Gasteiger partial charge in [0.1, 0.15) is 0 Å². The molecule has 0 aromatic carbocycles. The summed E-state index contributed by atoms with van der Waals surface area (Å²) in [4.78, 5) is 0. The fourth-order valence-corrected chi connectivity index (χ4v) is 5.44. The molecular formula is C39H65N. The minimum absolute atomic E-state index is 0.102. The van der Waals surface area contributed by atoms with E-state index in [2.05, 4.69) is 73.4 Å². The maximum Gasteiger partial charge on any atom is 0.0125 e. The normalized spacial score (nSPS) is 13.1. The highest BCUT2D eigenvalue weighted by molar-refractivity contribution is 5.13. The first-order valence-corrected chi connectivity index (χ1v) is 15.8. The van der Waals surface area contributed by atoms with E-state index in [0.29, 0.717) is 17.3 Å². The van der Waals surface area contributed by atoms with Crippen molar-refractivity contribution >= 4 is 0 Å². The van der Waals surface area contributed by atoms with E-state index in [1.807, 2.05) is 24.3 Å². The number of nitrogens with two attached hydrogens (primary N) is 1. The lowest BCUT2D eigenvalue weighted by Crippen LogP contribution is -2.36. The van der Waals surface area contributed by atoms with E-state index in [4.69, 9.17) is 5.73 Å². The van der Waals surface area contributed by atoms with Crippen molar-refractivity contribution in [3.63, 3.8) is 0 Å². The van der Waals surface area contributed by atoms with Crippen LogP contribution in [0.25, 0.3) is 0 Å². The van der Waals surface area contributed by atoms with Gasteiger partial charge in [0.15, 0.2) is 0 Å². The maximum absolute atomic E-state index is 6.82. The summed E-state index contributed by atoms with van der Waals surface area (Å²) in [5.41, 5.74) is 11.6. The highest BCUT2D eigenvalue weighted by Gasteiger charge is 2.24. The monoisotopic (exact) mass is 548 g/mol. The second-order valence-electron chi connectivity index (χ2n) is 13.4. The Labute approximate surface area is 250 Å². The van der Waals surface area contributed by atoms with Gasteiger partial charge < -0.3 is 5.73 Å². The summed E-state index contributed by atoms with van der Waals surface area (Å²) in [5.74, 6) is 1.36. The summed E-state index contributed by atoms with van der Waals surface area (Å²) in [6.07, 6.45) is 25.8. The Morgan fingerprint density at radius 1 is 0.525 bits per heavy atom. The molecule has 0 amide bonds. The van der Waals surface area contributed by atoms with Gasteiger partial charge in [0, 0.05) is 5.54 Å². The van der Waals surface area contributed by atoms with E-state index in [-0.39, 0.29) is 5.54 Å². The molecule has 0 heterocycles. The minimum Gasteiger partial charge on any atom is -0.325 e. The predicted octanol–water partition coefficient (Wildman–Crippen LogP) is 12.2. The molecule has 0 saturated carbocycles. The van der Waals surface area contributed by atoms with Crippen LogP contribution in [0.4, 0.5) is 0 Å². The fourth-order valence-electron chi connectivity index (χ4n) is 5.44. The van der Waals surface area contributed by atoms with Gasteiger partial charge in [0.2, 0.25) is 0 Å². The van der Waals surface area contributed by atoms with Gasteiger partial charge in [0.05, 0.1) is 0 Å². The van der Waals surface area contributed by atoms with Crippen LogP contribution in [0.15, 0.2) is 99.2 Å². The number of hydrogen-bond donors (Lipinski definition) is 1. The van der Waals surface area contributed by atoms with Crippen LogP contribution in [0, 0.1) is 17.3 Å². The molecule has 0 aromatic heterocycles. The van der Waals surface area contributed by atoms with Crippen LogP contribution in [0.3, 0.4) is 0 Å². The van der Waals surface area contributed by atoms with Gasteiger partial charge >= 0.3 is 0 Å². The van der Waals surface area contributed by atoms with Crippen molar-refractivity contribution in [2.24, 2.45) is 23.0 Å². The molecule has 1 unspecified atom stereocenters. The highest BCUT2D eigenvalue weighted by atomic mass is 14.7. The largest absolute Gasteiger partial charge is 0.325 e. The summed E-state index contributed by atoms with van der Waals surface area (Å²) < 4.78 is 0. The van der Waals surface area contributed by atoms with Crippen LogP contribution >= 0.6 is 0 Å². The van der Waals surface area contributed by atoms with E-state index < -0.39 is 0 Å². The zero-order valence-corrected chi connectivity index (χ0v) is 27.0. The Hall–Kier alpha value is -2.12. The SMILES string of the molecule is C=CC(=C)CCC(CCCC(C)(N)CCCC(C)(C)CCC(CCC(=C)C=C)CCC(=C)C=C)CCC(=C)C=C. The molecule has 226 valence electrons. The molecule has 0 fully saturated rings. The molecule has 0 saturated heterocycles. The quantitative estimate of drug-likeness (QED) is 0.102. The van der Waals surface area contributed by atoms with Crippen LogP contribution in [-0.4, -0.2) is 5.54 Å². The third-order valence-electron chi connectivity index (χ3n) is 8.84. The fraction of sp³-hybridized carbons (Fsp3) is 0.590. The van der Waals surface area contributed by atoms with Crippen molar-refractivity contribution in [3.8, 4) is 0 Å². The average molecular weight is 548 g/mol. The van der Waals surface area contributed by atoms with Crippen LogP contribution < -0.4 is 5.73 Å². The van der Waals surface area contributed by atoms with Gasteiger partial charge in [0.25, 0.3) is 0 Å². The molecule has 2 N–H and O–H groups in total. The first kappa shape index (κ1) is 37.9. The Morgan fingerprint density at radius 2 is 0.875 bits per heavy atom. The van der Waals surface area contributed by atoms with Gasteiger partial charge in [-0.3, -0.25) is 0 Å². The molecule has 0 radical (unpaired) electrons. The molecule has 1 heteroatoms. The number of allylic oxidation sites excluding steroid dienone is 8. The minimum atomic E-state index is -0.102. The van der Waals surface area contributed by atoms with Crippen molar-refractivity contribution in [1.29, 1.82) is 0 Å². The lowest BCUT2D eigenvalue weighted by Gasteiger charge is -2.30. The number of hydrogen-bond acceptors (Lipinski definition) is 1. The van der Waals surface area contributed by atoms with E-state index in [1.165, 1.54) is 51.4 Å². The lowest BCUT2D eigenvalue weighted by atomic mass is 9.77. The van der Waals surface area contributed by atoms with Crippen molar-refractivity contribution in [1.82, 2.24) is 0 Å². The molecule has 40 heavy (non-hydrogen) atoms. The zero-order chi connectivity index (χ0) is 30.6. The molecule has 0 aromatic rings. The molecule has 0 rings (SSSR count). The van der Waals surface area contributed by atoms with Gasteiger partial charge in [-0.25, -0.2) is 0 Å². The molecule has 0 spiro atoms. The summed E-state index contributed by atoms with van der Waals surface area (Å²) in [7, 11) is 0. The highest BCUT2D eigenvalue weighted by Crippen LogP contribution is 2.35. The molecule has 0 bridgehead atoms. The molecule has 0 aliphatic heterocycles. The third kappa shape index (κ3) is 19.9. The Kier molecular flexibility index (Phi) is 19.6. The lowest BCUT2D eigenvalue weighted by molar-refractivity contribution is 0.241. The van der Waals surface area contributed by atoms with Crippen LogP contribution in [0.1, 0.15) is 124 Å². The third-order valence-corrected chi connectivity index (χ3v) is 8.84. The topological polar surface area (TPSA) is 26.0 Å². The van der Waals surface area contributed by atoms with Crippen LogP contribution in [0.5, 0.6) is 0 Å². The van der Waals surface area contributed by atoms with Crippen molar-refractivity contribution in [3.05, 3.63) is 99.2 Å². The van der Waals surface area contributed by atoms with Crippen molar-refractivity contribution in [2.75, 3.05) is 0 Å². The Balaban J connectivity index is 4.71. The van der Waals surface area contributed by atoms with Gasteiger partial charge in [-0.2, -0.15) is 0 Å². The van der Waals surface area contributed by atoms with Crippen LogP contribution in [0.2, 0.25) is 0 Å². The smallest absolute Gasteiger partial charge is 0.0125 e. The second kappa shape index (κ2) is 20.7. The number of rotatable bonds is 27. The standard InChI is InChI=1S/C39H65N/c1-12-32(5)19-23-36(24-20-33(6)13-2)18-16-29-39(11,40)30-17-28-38(9,10)31-27-37(25-21-34(7)14-3)26-22-35(8)15-4/h12-15,36-37H,1-8,16-31,40H2,9-11H3. The second-order valence-corrected chi connectivity index (χ2v) is 13.4. The van der Waals surface area contributed by atoms with Gasteiger partial charge in [-0.05, 0) is 108 Å². The summed E-state index contributed by atoms with van der Waals surface area (Å²) in [6.45, 7) is 39.1. The molecule has 0 aliphatic rings. The van der Waals surface area contributed by atoms with Crippen molar-refractivity contribution in [2.45, 2.75) is 129 Å². The average Bonchev–Trinajstić information content (AvgIpc) is 2.92. The molecule has 1 nitrogen and oxygen atoms in total. The maximum atomic E-state index is 6.82. The summed E-state index contributed by atoms with van der Waals surface area (Å²) in [5, 5.41) is 0. The van der Waals surface area contributed by atoms with E-state index in [1.54, 1.807) is 0 Å². The van der Waals surface area contributed by atoms with Gasteiger partial charge in [-0.1, -0.05) is 132 Å². The van der Waals surface area contributed by atoms with Crippen LogP contribution in [-0.2, 0) is 0 Å². The Morgan fingerprint density at radius 3 is 1.25 bits per heavy atom. The predicted molar refractivity (Wildman–Crippen MR) is 185 cm³/mol. The first-order chi connectivity index (χ1) is 18.8. The summed E-state index contributed by atoms with van der Waals surface area (Å²) in [6, 6.07) is 0.